The Morgan fingerprint density at radius 1 is 1.14 bits per heavy atom. The van der Waals surface area contributed by atoms with Gasteiger partial charge in [0.15, 0.2) is 11.6 Å². The minimum atomic E-state index is -1.18. The fraction of sp³-hybridized carbons (Fsp3) is 0. The monoisotopic (exact) mass is 293 g/mol. The topological polar surface area (TPSA) is 79.0 Å². The highest BCUT2D eigenvalue weighted by Crippen LogP contribution is 2.28. The SMILES string of the molecule is N#Cc1ccc(Nc2c(F)cc(F)cc2F)cc1[N+](=O)[O-]. The lowest BCUT2D eigenvalue weighted by atomic mass is 10.1. The zero-order valence-electron chi connectivity index (χ0n) is 10.2. The third-order valence-electron chi connectivity index (χ3n) is 2.59. The van der Waals surface area contributed by atoms with Gasteiger partial charge in [-0.15, -0.1) is 0 Å². The van der Waals surface area contributed by atoms with Crippen LogP contribution in [-0.4, -0.2) is 4.92 Å². The number of anilines is 2. The van der Waals surface area contributed by atoms with Gasteiger partial charge in [0.05, 0.1) is 4.92 Å². The molecule has 0 spiro atoms. The molecule has 0 saturated carbocycles. The van der Waals surface area contributed by atoms with Crippen LogP contribution in [0.3, 0.4) is 0 Å². The molecule has 0 fully saturated rings. The predicted octanol–water partition coefficient (Wildman–Crippen LogP) is 3.63. The van der Waals surface area contributed by atoms with Crippen LogP contribution in [0.5, 0.6) is 0 Å². The number of hydrogen-bond acceptors (Lipinski definition) is 4. The van der Waals surface area contributed by atoms with Gasteiger partial charge in [-0.05, 0) is 12.1 Å². The van der Waals surface area contributed by atoms with Crippen LogP contribution < -0.4 is 5.32 Å². The second-order valence-corrected chi connectivity index (χ2v) is 3.97. The van der Waals surface area contributed by atoms with E-state index >= 15 is 0 Å². The number of nitro groups is 1. The fourth-order valence-corrected chi connectivity index (χ4v) is 1.66. The molecule has 0 heterocycles. The Balaban J connectivity index is 2.44. The number of halogens is 3. The van der Waals surface area contributed by atoms with Gasteiger partial charge < -0.3 is 5.32 Å². The van der Waals surface area contributed by atoms with Gasteiger partial charge in [-0.2, -0.15) is 5.26 Å². The van der Waals surface area contributed by atoms with Gasteiger partial charge in [0.1, 0.15) is 23.1 Å². The molecule has 21 heavy (non-hydrogen) atoms. The molecule has 0 aliphatic heterocycles. The highest BCUT2D eigenvalue weighted by atomic mass is 19.1. The van der Waals surface area contributed by atoms with Crippen molar-refractivity contribution in [3.05, 3.63) is 63.5 Å². The van der Waals surface area contributed by atoms with E-state index in [2.05, 4.69) is 5.32 Å². The lowest BCUT2D eigenvalue weighted by Gasteiger charge is -2.09. The molecular formula is C13H6F3N3O2. The molecule has 0 aliphatic rings. The van der Waals surface area contributed by atoms with E-state index in [0.29, 0.717) is 12.1 Å². The van der Waals surface area contributed by atoms with Crippen molar-refractivity contribution in [2.75, 3.05) is 5.32 Å². The van der Waals surface area contributed by atoms with Crippen molar-refractivity contribution in [2.45, 2.75) is 0 Å². The normalized spacial score (nSPS) is 10.0. The van der Waals surface area contributed by atoms with Gasteiger partial charge >= 0.3 is 0 Å². The minimum Gasteiger partial charge on any atom is -0.351 e. The quantitative estimate of drug-likeness (QED) is 0.692. The molecule has 0 bridgehead atoms. The Kier molecular flexibility index (Phi) is 3.75. The summed E-state index contributed by atoms with van der Waals surface area (Å²) >= 11 is 0. The van der Waals surface area contributed by atoms with Gasteiger partial charge in [-0.1, -0.05) is 0 Å². The molecule has 5 nitrogen and oxygen atoms in total. The fourth-order valence-electron chi connectivity index (χ4n) is 1.66. The van der Waals surface area contributed by atoms with Crippen molar-refractivity contribution >= 4 is 17.1 Å². The third-order valence-corrected chi connectivity index (χ3v) is 2.59. The maximum atomic E-state index is 13.5. The Labute approximate surface area is 116 Å². The average Bonchev–Trinajstić information content (AvgIpc) is 2.42. The Morgan fingerprint density at radius 2 is 1.76 bits per heavy atom. The lowest BCUT2D eigenvalue weighted by molar-refractivity contribution is -0.385. The van der Waals surface area contributed by atoms with Crippen LogP contribution in [-0.2, 0) is 0 Å². The first-order valence-electron chi connectivity index (χ1n) is 5.52. The Morgan fingerprint density at radius 3 is 2.29 bits per heavy atom. The van der Waals surface area contributed by atoms with Crippen molar-refractivity contribution in [1.82, 2.24) is 0 Å². The van der Waals surface area contributed by atoms with E-state index in [9.17, 15) is 23.3 Å². The van der Waals surface area contributed by atoms with Gasteiger partial charge in [0.25, 0.3) is 5.69 Å². The van der Waals surface area contributed by atoms with Crippen LogP contribution in [0, 0.1) is 38.9 Å². The zero-order chi connectivity index (χ0) is 15.6. The average molecular weight is 293 g/mol. The summed E-state index contributed by atoms with van der Waals surface area (Å²) in [6.07, 6.45) is 0. The number of nitro benzene ring substituents is 1. The van der Waals surface area contributed by atoms with E-state index in [4.69, 9.17) is 5.26 Å². The Bertz CT molecular complexity index is 749. The van der Waals surface area contributed by atoms with Gasteiger partial charge in [-0.3, -0.25) is 10.1 Å². The highest BCUT2D eigenvalue weighted by molar-refractivity contribution is 5.66. The molecule has 0 radical (unpaired) electrons. The molecule has 0 aliphatic carbocycles. The van der Waals surface area contributed by atoms with E-state index in [1.165, 1.54) is 6.07 Å². The van der Waals surface area contributed by atoms with Gasteiger partial charge in [0, 0.05) is 23.9 Å². The molecule has 0 aromatic heterocycles. The summed E-state index contributed by atoms with van der Waals surface area (Å²) in [7, 11) is 0. The van der Waals surface area contributed by atoms with Crippen LogP contribution in [0.2, 0.25) is 0 Å². The van der Waals surface area contributed by atoms with Crippen LogP contribution in [0.15, 0.2) is 30.3 Å². The summed E-state index contributed by atoms with van der Waals surface area (Å²) in [5.41, 5.74) is -1.35. The summed E-state index contributed by atoms with van der Waals surface area (Å²) in [5.74, 6) is -3.44. The first kappa shape index (κ1) is 14.3. The van der Waals surface area contributed by atoms with Crippen molar-refractivity contribution < 1.29 is 18.1 Å². The first-order chi connectivity index (χ1) is 9.92. The van der Waals surface area contributed by atoms with E-state index in [1.807, 2.05) is 0 Å². The van der Waals surface area contributed by atoms with E-state index in [0.717, 1.165) is 12.1 Å². The summed E-state index contributed by atoms with van der Waals surface area (Å²) in [6, 6.07) is 5.92. The summed E-state index contributed by atoms with van der Waals surface area (Å²) in [5, 5.41) is 21.8. The smallest absolute Gasteiger partial charge is 0.289 e. The highest BCUT2D eigenvalue weighted by Gasteiger charge is 2.16. The van der Waals surface area contributed by atoms with Crippen LogP contribution in [0.1, 0.15) is 5.56 Å². The molecule has 0 amide bonds. The minimum absolute atomic E-state index is 0.00916. The number of benzene rings is 2. The number of hydrogen-bond donors (Lipinski definition) is 1. The summed E-state index contributed by atoms with van der Waals surface area (Å²) in [4.78, 5) is 10.0. The Hall–Kier alpha value is -3.08. The standard InChI is InChI=1S/C13H6F3N3O2/c14-8-3-10(15)13(11(16)4-8)18-9-2-1-7(6-17)12(5-9)19(20)21/h1-5,18H. The van der Waals surface area contributed by atoms with E-state index in [-0.39, 0.29) is 11.3 Å². The molecular weight excluding hydrogens is 287 g/mol. The summed E-state index contributed by atoms with van der Waals surface area (Å²) in [6.45, 7) is 0. The van der Waals surface area contributed by atoms with Crippen molar-refractivity contribution in [2.24, 2.45) is 0 Å². The number of nitrogens with zero attached hydrogens (tertiary/aromatic N) is 2. The molecule has 106 valence electrons. The molecule has 2 aromatic rings. The van der Waals surface area contributed by atoms with E-state index < -0.39 is 33.7 Å². The number of rotatable bonds is 3. The molecule has 8 heteroatoms. The van der Waals surface area contributed by atoms with E-state index in [1.54, 1.807) is 6.07 Å². The lowest BCUT2D eigenvalue weighted by Crippen LogP contribution is -2.00. The number of nitrogens with one attached hydrogen (secondary N) is 1. The van der Waals surface area contributed by atoms with Crippen molar-refractivity contribution in [1.29, 1.82) is 5.26 Å². The van der Waals surface area contributed by atoms with Crippen LogP contribution in [0.25, 0.3) is 0 Å². The van der Waals surface area contributed by atoms with Crippen LogP contribution >= 0.6 is 0 Å². The van der Waals surface area contributed by atoms with Crippen LogP contribution in [0.4, 0.5) is 30.2 Å². The number of nitriles is 1. The predicted molar refractivity (Wildman–Crippen MR) is 67.4 cm³/mol. The van der Waals surface area contributed by atoms with Crippen molar-refractivity contribution in [3.63, 3.8) is 0 Å². The zero-order valence-corrected chi connectivity index (χ0v) is 10.2. The first-order valence-corrected chi connectivity index (χ1v) is 5.52. The maximum Gasteiger partial charge on any atom is 0.289 e. The molecule has 2 aromatic carbocycles. The second kappa shape index (κ2) is 5.50. The van der Waals surface area contributed by atoms with Crippen molar-refractivity contribution in [3.8, 4) is 6.07 Å². The molecule has 0 saturated heterocycles. The molecule has 1 N–H and O–H groups in total. The maximum absolute atomic E-state index is 13.5. The molecule has 0 unspecified atom stereocenters. The molecule has 0 atom stereocenters. The largest absolute Gasteiger partial charge is 0.351 e. The van der Waals surface area contributed by atoms with Gasteiger partial charge in [0.2, 0.25) is 0 Å². The summed E-state index contributed by atoms with van der Waals surface area (Å²) < 4.78 is 39.7. The molecule has 2 rings (SSSR count). The second-order valence-electron chi connectivity index (χ2n) is 3.97. The van der Waals surface area contributed by atoms with Gasteiger partial charge in [-0.25, -0.2) is 13.2 Å². The third kappa shape index (κ3) is 2.92.